The van der Waals surface area contributed by atoms with Crippen LogP contribution in [0, 0.1) is 5.92 Å². The van der Waals surface area contributed by atoms with Crippen molar-refractivity contribution >= 4 is 23.8 Å². The second-order valence-corrected chi connectivity index (χ2v) is 7.04. The van der Waals surface area contributed by atoms with Gasteiger partial charge in [-0.1, -0.05) is 60.7 Å². The molecule has 0 radical (unpaired) electrons. The fraction of sp³-hybridized carbons (Fsp3) is 0.217. The van der Waals surface area contributed by atoms with E-state index >= 15 is 0 Å². The molecule has 0 fully saturated rings. The molecule has 0 aliphatic heterocycles. The summed E-state index contributed by atoms with van der Waals surface area (Å²) in [4.78, 5) is 39.1. The SMILES string of the molecule is N/C(=N/C(=O)OCc1ccccc1)c1ccc(CNC(=O)C2=CCCC2C(=O)O)cc1. The van der Waals surface area contributed by atoms with Crippen molar-refractivity contribution in [1.82, 2.24) is 5.32 Å². The molecule has 1 aliphatic carbocycles. The van der Waals surface area contributed by atoms with Crippen LogP contribution in [0.25, 0.3) is 0 Å². The summed E-state index contributed by atoms with van der Waals surface area (Å²) in [5, 5.41) is 11.9. The van der Waals surface area contributed by atoms with Crippen LogP contribution in [0.3, 0.4) is 0 Å². The second kappa shape index (κ2) is 10.2. The number of nitrogens with one attached hydrogen (secondary N) is 1. The Kier molecular flexibility index (Phi) is 7.16. The number of aliphatic carboxylic acids is 1. The Labute approximate surface area is 179 Å². The third kappa shape index (κ3) is 6.02. The first-order chi connectivity index (χ1) is 14.9. The molecule has 2 aromatic carbocycles. The fourth-order valence-electron chi connectivity index (χ4n) is 3.20. The van der Waals surface area contributed by atoms with Gasteiger partial charge in [0.15, 0.2) is 0 Å². The van der Waals surface area contributed by atoms with E-state index in [0.29, 0.717) is 24.0 Å². The lowest BCUT2D eigenvalue weighted by Crippen LogP contribution is -2.29. The summed E-state index contributed by atoms with van der Waals surface area (Å²) in [7, 11) is 0. The first-order valence-corrected chi connectivity index (χ1v) is 9.79. The maximum absolute atomic E-state index is 12.3. The zero-order valence-corrected chi connectivity index (χ0v) is 16.8. The van der Waals surface area contributed by atoms with Gasteiger partial charge in [0.25, 0.3) is 0 Å². The number of nitrogens with two attached hydrogens (primary N) is 1. The number of carboxylic acids is 1. The van der Waals surface area contributed by atoms with Crippen LogP contribution in [0.2, 0.25) is 0 Å². The highest BCUT2D eigenvalue weighted by Crippen LogP contribution is 2.26. The summed E-state index contributed by atoms with van der Waals surface area (Å²) in [6.45, 7) is 0.340. The van der Waals surface area contributed by atoms with Crippen LogP contribution in [0.1, 0.15) is 29.5 Å². The molecule has 160 valence electrons. The molecule has 0 saturated carbocycles. The summed E-state index contributed by atoms with van der Waals surface area (Å²) in [6, 6.07) is 16.1. The molecule has 1 aliphatic rings. The number of hydrogen-bond donors (Lipinski definition) is 3. The molecule has 0 spiro atoms. The highest BCUT2D eigenvalue weighted by atomic mass is 16.5. The molecule has 3 rings (SSSR count). The number of carbonyl (C=O) groups is 3. The van der Waals surface area contributed by atoms with E-state index in [1.165, 1.54) is 0 Å². The van der Waals surface area contributed by atoms with Crippen molar-refractivity contribution in [3.8, 4) is 0 Å². The monoisotopic (exact) mass is 421 g/mol. The first kappa shape index (κ1) is 21.8. The minimum absolute atomic E-state index is 0.0223. The summed E-state index contributed by atoms with van der Waals surface area (Å²) >= 11 is 0. The summed E-state index contributed by atoms with van der Waals surface area (Å²) in [5.41, 5.74) is 8.36. The molecule has 0 saturated heterocycles. The van der Waals surface area contributed by atoms with E-state index < -0.39 is 18.0 Å². The third-order valence-electron chi connectivity index (χ3n) is 4.87. The zero-order chi connectivity index (χ0) is 22.2. The van der Waals surface area contributed by atoms with Gasteiger partial charge >= 0.3 is 12.1 Å². The highest BCUT2D eigenvalue weighted by molar-refractivity contribution is 6.02. The maximum atomic E-state index is 12.3. The van der Waals surface area contributed by atoms with Crippen LogP contribution >= 0.6 is 0 Å². The van der Waals surface area contributed by atoms with Gasteiger partial charge in [0.2, 0.25) is 5.91 Å². The van der Waals surface area contributed by atoms with Crippen molar-refractivity contribution in [2.24, 2.45) is 16.6 Å². The lowest BCUT2D eigenvalue weighted by atomic mass is 10.0. The van der Waals surface area contributed by atoms with Crippen molar-refractivity contribution < 1.29 is 24.2 Å². The van der Waals surface area contributed by atoms with E-state index in [9.17, 15) is 19.5 Å². The van der Waals surface area contributed by atoms with E-state index in [-0.39, 0.29) is 24.9 Å². The van der Waals surface area contributed by atoms with Gasteiger partial charge in [0.05, 0.1) is 5.92 Å². The molecule has 0 heterocycles. The van der Waals surface area contributed by atoms with Gasteiger partial charge < -0.3 is 20.9 Å². The number of amides is 2. The number of benzene rings is 2. The molecular formula is C23H23N3O5. The van der Waals surface area contributed by atoms with E-state index in [4.69, 9.17) is 10.5 Å². The minimum atomic E-state index is -0.986. The molecular weight excluding hydrogens is 398 g/mol. The molecule has 2 amide bonds. The first-order valence-electron chi connectivity index (χ1n) is 9.79. The average Bonchev–Trinajstić information content (AvgIpc) is 3.27. The molecule has 0 bridgehead atoms. The molecule has 1 unspecified atom stereocenters. The molecule has 1 atom stereocenters. The number of aliphatic imine (C=N–C) groups is 1. The molecule has 8 nitrogen and oxygen atoms in total. The summed E-state index contributed by atoms with van der Waals surface area (Å²) in [6.07, 6.45) is 1.92. The Morgan fingerprint density at radius 1 is 1.06 bits per heavy atom. The topological polar surface area (TPSA) is 131 Å². The molecule has 2 aromatic rings. The number of rotatable bonds is 7. The largest absolute Gasteiger partial charge is 0.481 e. The Morgan fingerprint density at radius 3 is 2.45 bits per heavy atom. The molecule has 4 N–H and O–H groups in total. The van der Waals surface area contributed by atoms with Crippen LogP contribution < -0.4 is 11.1 Å². The van der Waals surface area contributed by atoms with Gasteiger partial charge in [0, 0.05) is 17.7 Å². The van der Waals surface area contributed by atoms with E-state index in [1.54, 1.807) is 30.3 Å². The maximum Gasteiger partial charge on any atom is 0.435 e. The van der Waals surface area contributed by atoms with Crippen LogP contribution in [0.15, 0.2) is 71.2 Å². The number of nitrogens with zero attached hydrogens (tertiary/aromatic N) is 1. The van der Waals surface area contributed by atoms with Crippen LogP contribution in [-0.2, 0) is 27.5 Å². The van der Waals surface area contributed by atoms with E-state index in [2.05, 4.69) is 10.3 Å². The summed E-state index contributed by atoms with van der Waals surface area (Å²) < 4.78 is 5.08. The predicted molar refractivity (Wildman–Crippen MR) is 114 cm³/mol. The third-order valence-corrected chi connectivity index (χ3v) is 4.87. The minimum Gasteiger partial charge on any atom is -0.481 e. The molecule has 0 aromatic heterocycles. The van der Waals surface area contributed by atoms with Gasteiger partial charge in [-0.3, -0.25) is 9.59 Å². The molecule has 31 heavy (non-hydrogen) atoms. The Bertz CT molecular complexity index is 1010. The van der Waals surface area contributed by atoms with Crippen molar-refractivity contribution in [3.63, 3.8) is 0 Å². The second-order valence-electron chi connectivity index (χ2n) is 7.04. The van der Waals surface area contributed by atoms with Crippen molar-refractivity contribution in [1.29, 1.82) is 0 Å². The smallest absolute Gasteiger partial charge is 0.435 e. The number of allylic oxidation sites excluding steroid dienone is 1. The Balaban J connectivity index is 1.52. The highest BCUT2D eigenvalue weighted by Gasteiger charge is 2.30. The Hall–Kier alpha value is -3.94. The number of carbonyl (C=O) groups excluding carboxylic acids is 2. The average molecular weight is 421 g/mol. The number of amidine groups is 1. The van der Waals surface area contributed by atoms with Crippen molar-refractivity contribution in [2.45, 2.75) is 26.0 Å². The zero-order valence-electron chi connectivity index (χ0n) is 16.8. The van der Waals surface area contributed by atoms with Gasteiger partial charge in [-0.2, -0.15) is 4.99 Å². The number of carboxylic acid groups (broad SMARTS) is 1. The lowest BCUT2D eigenvalue weighted by Gasteiger charge is -2.11. The van der Waals surface area contributed by atoms with Crippen LogP contribution in [0.4, 0.5) is 4.79 Å². The summed E-state index contributed by atoms with van der Waals surface area (Å²) in [5.74, 6) is -2.09. The fourth-order valence-corrected chi connectivity index (χ4v) is 3.20. The van der Waals surface area contributed by atoms with Crippen LogP contribution in [0.5, 0.6) is 0 Å². The van der Waals surface area contributed by atoms with Crippen molar-refractivity contribution in [3.05, 3.63) is 82.9 Å². The standard InChI is InChI=1S/C23H23N3O5/c24-20(26-23(30)31-14-16-5-2-1-3-6-16)17-11-9-15(10-12-17)13-25-21(27)18-7-4-8-19(18)22(28)29/h1-3,5-7,9-12,19H,4,8,13-14H2,(H,25,27)(H,28,29)(H2,24,26,30). The van der Waals surface area contributed by atoms with Crippen LogP contribution in [-0.4, -0.2) is 28.9 Å². The van der Waals surface area contributed by atoms with E-state index in [1.807, 2.05) is 30.3 Å². The van der Waals surface area contributed by atoms with Gasteiger partial charge in [-0.15, -0.1) is 0 Å². The normalized spacial score (nSPS) is 15.8. The van der Waals surface area contributed by atoms with Gasteiger partial charge in [-0.05, 0) is 24.0 Å². The molecule has 8 heteroatoms. The van der Waals surface area contributed by atoms with Gasteiger partial charge in [-0.25, -0.2) is 4.79 Å². The predicted octanol–water partition coefficient (Wildman–Crippen LogP) is 2.77. The number of hydrogen-bond acceptors (Lipinski definition) is 4. The lowest BCUT2D eigenvalue weighted by molar-refractivity contribution is -0.141. The Morgan fingerprint density at radius 2 is 1.77 bits per heavy atom. The number of ether oxygens (including phenoxy) is 1. The van der Waals surface area contributed by atoms with E-state index in [0.717, 1.165) is 11.1 Å². The quantitative estimate of drug-likeness (QED) is 0.465. The van der Waals surface area contributed by atoms with Crippen molar-refractivity contribution in [2.75, 3.05) is 0 Å². The van der Waals surface area contributed by atoms with Gasteiger partial charge in [0.1, 0.15) is 12.4 Å².